The fourth-order valence-electron chi connectivity index (χ4n) is 2.84. The fraction of sp³-hybridized carbons (Fsp3) is 0.533. The highest BCUT2D eigenvalue weighted by Gasteiger charge is 2.26. The molecule has 1 aliphatic rings. The van der Waals surface area contributed by atoms with Crippen molar-refractivity contribution >= 4 is 5.69 Å². The first-order chi connectivity index (χ1) is 9.10. The second-order valence-corrected chi connectivity index (χ2v) is 5.47. The van der Waals surface area contributed by atoms with E-state index in [2.05, 4.69) is 29.8 Å². The molecule has 0 saturated carbocycles. The highest BCUT2D eigenvalue weighted by atomic mass is 19.1. The molecule has 19 heavy (non-hydrogen) atoms. The Kier molecular flexibility index (Phi) is 4.39. The van der Waals surface area contributed by atoms with E-state index in [1.807, 2.05) is 0 Å². The zero-order valence-electron chi connectivity index (χ0n) is 11.5. The van der Waals surface area contributed by atoms with Crippen molar-refractivity contribution in [1.82, 2.24) is 4.90 Å². The van der Waals surface area contributed by atoms with E-state index in [1.54, 1.807) is 12.1 Å². The topological polar surface area (TPSA) is 30.3 Å². The molecule has 0 N–H and O–H groups in total. The summed E-state index contributed by atoms with van der Waals surface area (Å²) < 4.78 is 13.0. The Morgan fingerprint density at radius 1 is 1.26 bits per heavy atom. The molecule has 2 unspecified atom stereocenters. The standard InChI is InChI=1S/C15H20FN3/c1-12-9-18(2)11-15(7-8-17)19(10-12)14-5-3-13(16)4-6-14/h3-6,12,15H,7,9-11H2,1-2H3. The number of anilines is 1. The van der Waals surface area contributed by atoms with Crippen LogP contribution in [0.25, 0.3) is 0 Å². The minimum absolute atomic E-state index is 0.172. The zero-order chi connectivity index (χ0) is 13.8. The largest absolute Gasteiger partial charge is 0.366 e. The summed E-state index contributed by atoms with van der Waals surface area (Å²) in [4.78, 5) is 4.52. The molecule has 0 radical (unpaired) electrons. The molecule has 1 fully saturated rings. The molecule has 1 aromatic rings. The van der Waals surface area contributed by atoms with Crippen LogP contribution in [0.15, 0.2) is 24.3 Å². The molecule has 2 atom stereocenters. The van der Waals surface area contributed by atoms with E-state index in [0.29, 0.717) is 12.3 Å². The van der Waals surface area contributed by atoms with Gasteiger partial charge in [-0.3, -0.25) is 0 Å². The van der Waals surface area contributed by atoms with Gasteiger partial charge in [0.25, 0.3) is 0 Å². The van der Waals surface area contributed by atoms with Crippen molar-refractivity contribution in [2.24, 2.45) is 5.92 Å². The van der Waals surface area contributed by atoms with Crippen molar-refractivity contribution in [3.8, 4) is 6.07 Å². The number of hydrogen-bond acceptors (Lipinski definition) is 3. The van der Waals surface area contributed by atoms with Gasteiger partial charge in [0.15, 0.2) is 0 Å². The average molecular weight is 261 g/mol. The molecule has 1 aliphatic heterocycles. The average Bonchev–Trinajstić information content (AvgIpc) is 2.49. The van der Waals surface area contributed by atoms with Crippen molar-refractivity contribution in [2.75, 3.05) is 31.6 Å². The van der Waals surface area contributed by atoms with E-state index >= 15 is 0 Å². The monoisotopic (exact) mass is 261 g/mol. The molecule has 102 valence electrons. The lowest BCUT2D eigenvalue weighted by atomic mass is 10.1. The van der Waals surface area contributed by atoms with Gasteiger partial charge in [-0.2, -0.15) is 5.26 Å². The Bertz CT molecular complexity index is 451. The van der Waals surface area contributed by atoms with E-state index in [1.165, 1.54) is 12.1 Å². The summed E-state index contributed by atoms with van der Waals surface area (Å²) in [5, 5.41) is 9.02. The number of rotatable bonds is 2. The summed E-state index contributed by atoms with van der Waals surface area (Å²) in [5.74, 6) is 0.305. The maximum atomic E-state index is 13.0. The molecule has 1 heterocycles. The zero-order valence-corrected chi connectivity index (χ0v) is 11.5. The van der Waals surface area contributed by atoms with E-state index in [4.69, 9.17) is 5.26 Å². The van der Waals surface area contributed by atoms with Gasteiger partial charge in [-0.25, -0.2) is 4.39 Å². The van der Waals surface area contributed by atoms with Crippen LogP contribution in [-0.2, 0) is 0 Å². The SMILES string of the molecule is CC1CN(C)CC(CC#N)N(c2ccc(F)cc2)C1. The third kappa shape index (κ3) is 3.45. The highest BCUT2D eigenvalue weighted by Crippen LogP contribution is 2.23. The van der Waals surface area contributed by atoms with Crippen LogP contribution in [0.2, 0.25) is 0 Å². The molecular weight excluding hydrogens is 241 g/mol. The Balaban J connectivity index is 2.26. The summed E-state index contributed by atoms with van der Waals surface area (Å²) in [6.45, 7) is 5.01. The molecule has 0 spiro atoms. The van der Waals surface area contributed by atoms with Gasteiger partial charge in [0, 0.05) is 25.3 Å². The van der Waals surface area contributed by atoms with Gasteiger partial charge in [-0.1, -0.05) is 6.92 Å². The molecule has 1 saturated heterocycles. The van der Waals surface area contributed by atoms with Crippen LogP contribution in [0.3, 0.4) is 0 Å². The summed E-state index contributed by atoms with van der Waals surface area (Å²) in [7, 11) is 2.09. The van der Waals surface area contributed by atoms with Crippen LogP contribution in [0.5, 0.6) is 0 Å². The lowest BCUT2D eigenvalue weighted by molar-refractivity contribution is 0.304. The van der Waals surface area contributed by atoms with Crippen LogP contribution in [0.4, 0.5) is 10.1 Å². The van der Waals surface area contributed by atoms with Crippen molar-refractivity contribution in [1.29, 1.82) is 5.26 Å². The van der Waals surface area contributed by atoms with Crippen molar-refractivity contribution < 1.29 is 4.39 Å². The maximum Gasteiger partial charge on any atom is 0.123 e. The molecular formula is C15H20FN3. The van der Waals surface area contributed by atoms with Crippen LogP contribution in [0, 0.1) is 23.1 Å². The number of nitrogens with zero attached hydrogens (tertiary/aromatic N) is 3. The van der Waals surface area contributed by atoms with Crippen LogP contribution >= 0.6 is 0 Å². The van der Waals surface area contributed by atoms with Gasteiger partial charge >= 0.3 is 0 Å². The Labute approximate surface area is 114 Å². The van der Waals surface area contributed by atoms with E-state index < -0.39 is 0 Å². The van der Waals surface area contributed by atoms with Crippen LogP contribution in [-0.4, -0.2) is 37.6 Å². The number of likely N-dealkylation sites (N-methyl/N-ethyl adjacent to an activating group) is 1. The first-order valence-corrected chi connectivity index (χ1v) is 6.68. The van der Waals surface area contributed by atoms with Gasteiger partial charge in [-0.05, 0) is 37.2 Å². The molecule has 1 aromatic carbocycles. The fourth-order valence-corrected chi connectivity index (χ4v) is 2.84. The first kappa shape index (κ1) is 13.8. The Morgan fingerprint density at radius 3 is 2.58 bits per heavy atom. The number of nitriles is 1. The number of benzene rings is 1. The third-order valence-electron chi connectivity index (χ3n) is 3.58. The van der Waals surface area contributed by atoms with Crippen LogP contribution in [0.1, 0.15) is 13.3 Å². The Morgan fingerprint density at radius 2 is 1.95 bits per heavy atom. The quantitative estimate of drug-likeness (QED) is 0.819. The Hall–Kier alpha value is -1.60. The van der Waals surface area contributed by atoms with Crippen molar-refractivity contribution in [3.05, 3.63) is 30.1 Å². The smallest absolute Gasteiger partial charge is 0.123 e. The summed E-state index contributed by atoms with van der Waals surface area (Å²) in [6.07, 6.45) is 0.494. The van der Waals surface area contributed by atoms with Gasteiger partial charge in [0.05, 0.1) is 18.5 Å². The summed E-state index contributed by atoms with van der Waals surface area (Å²) in [5.41, 5.74) is 1.00. The van der Waals surface area contributed by atoms with Gasteiger partial charge < -0.3 is 9.80 Å². The van der Waals surface area contributed by atoms with Gasteiger partial charge in [-0.15, -0.1) is 0 Å². The van der Waals surface area contributed by atoms with Gasteiger partial charge in [0.2, 0.25) is 0 Å². The second-order valence-electron chi connectivity index (χ2n) is 5.47. The lowest BCUT2D eigenvalue weighted by Gasteiger charge is -2.32. The summed E-state index contributed by atoms with van der Waals surface area (Å²) in [6, 6.07) is 9.02. The third-order valence-corrected chi connectivity index (χ3v) is 3.58. The van der Waals surface area contributed by atoms with E-state index in [-0.39, 0.29) is 11.9 Å². The molecule has 0 aliphatic carbocycles. The molecule has 0 amide bonds. The molecule has 2 rings (SSSR count). The first-order valence-electron chi connectivity index (χ1n) is 6.68. The lowest BCUT2D eigenvalue weighted by Crippen LogP contribution is -2.40. The molecule has 0 aromatic heterocycles. The predicted octanol–water partition coefficient (Wildman–Crippen LogP) is 2.50. The van der Waals surface area contributed by atoms with Crippen molar-refractivity contribution in [3.63, 3.8) is 0 Å². The summed E-state index contributed by atoms with van der Waals surface area (Å²) >= 11 is 0. The van der Waals surface area contributed by atoms with Gasteiger partial charge in [0.1, 0.15) is 5.82 Å². The number of hydrogen-bond donors (Lipinski definition) is 0. The maximum absolute atomic E-state index is 13.0. The minimum atomic E-state index is -0.222. The molecule has 0 bridgehead atoms. The van der Waals surface area contributed by atoms with E-state index in [9.17, 15) is 4.39 Å². The highest BCUT2D eigenvalue weighted by molar-refractivity contribution is 5.48. The minimum Gasteiger partial charge on any atom is -0.366 e. The molecule has 4 heteroatoms. The second kappa shape index (κ2) is 6.03. The predicted molar refractivity (Wildman–Crippen MR) is 74.4 cm³/mol. The number of halogens is 1. The van der Waals surface area contributed by atoms with Crippen molar-refractivity contribution in [2.45, 2.75) is 19.4 Å². The normalized spacial score (nSPS) is 24.8. The van der Waals surface area contributed by atoms with Crippen LogP contribution < -0.4 is 4.90 Å². The van der Waals surface area contributed by atoms with E-state index in [0.717, 1.165) is 25.3 Å². The molecule has 3 nitrogen and oxygen atoms in total.